The van der Waals surface area contributed by atoms with Gasteiger partial charge in [0, 0.05) is 19.5 Å². The largest absolute Gasteiger partial charge is 0.463 e. The topological polar surface area (TPSA) is 41.9 Å². The Morgan fingerprint density at radius 1 is 1.62 bits per heavy atom. The van der Waals surface area contributed by atoms with Crippen LogP contribution in [0.2, 0.25) is 0 Å². The molecule has 0 aromatic rings. The maximum Gasteiger partial charge on any atom is 0.335 e. The van der Waals surface area contributed by atoms with E-state index in [0.717, 1.165) is 0 Å². The Hall–Kier alpha value is -1.32. The first-order valence-electron chi connectivity index (χ1n) is 4.24. The van der Waals surface area contributed by atoms with Crippen LogP contribution in [-0.4, -0.2) is 30.8 Å². The summed E-state index contributed by atoms with van der Waals surface area (Å²) < 4.78 is 4.80. The molecule has 0 atom stereocenters. The van der Waals surface area contributed by atoms with Crippen LogP contribution in [0, 0.1) is 0 Å². The van der Waals surface area contributed by atoms with Crippen molar-refractivity contribution < 1.29 is 9.53 Å². The summed E-state index contributed by atoms with van der Waals surface area (Å²) in [4.78, 5) is 11.1. The Morgan fingerprint density at radius 3 is 2.62 bits per heavy atom. The first kappa shape index (κ1) is 11.7. The van der Waals surface area contributed by atoms with Gasteiger partial charge in [0.2, 0.25) is 0 Å². The van der Waals surface area contributed by atoms with E-state index in [1.807, 2.05) is 6.92 Å². The van der Waals surface area contributed by atoms with Gasteiger partial charge in [-0.2, -0.15) is 5.10 Å². The number of hydrogen-bond acceptors (Lipinski definition) is 4. The monoisotopic (exact) mass is 184 g/mol. The molecule has 0 aliphatic rings. The molecule has 74 valence electrons. The van der Waals surface area contributed by atoms with Crippen LogP contribution in [0.25, 0.3) is 0 Å². The maximum absolute atomic E-state index is 11.1. The summed E-state index contributed by atoms with van der Waals surface area (Å²) in [6.07, 6.45) is 1.62. The Labute approximate surface area is 78.9 Å². The van der Waals surface area contributed by atoms with Crippen molar-refractivity contribution in [2.24, 2.45) is 5.10 Å². The summed E-state index contributed by atoms with van der Waals surface area (Å²) in [5.74, 6) is -0.315. The summed E-state index contributed by atoms with van der Waals surface area (Å²) in [5.41, 5.74) is 0.524. The van der Waals surface area contributed by atoms with Crippen LogP contribution in [0.4, 0.5) is 0 Å². The summed E-state index contributed by atoms with van der Waals surface area (Å²) in [5, 5.41) is 5.26. The van der Waals surface area contributed by atoms with Gasteiger partial charge in [-0.25, -0.2) is 4.79 Å². The minimum Gasteiger partial charge on any atom is -0.463 e. The van der Waals surface area contributed by atoms with E-state index in [1.165, 1.54) is 0 Å². The van der Waals surface area contributed by atoms with Crippen LogP contribution in [0.3, 0.4) is 0 Å². The van der Waals surface area contributed by atoms with Crippen LogP contribution < -0.4 is 0 Å². The highest BCUT2D eigenvalue weighted by molar-refractivity contribution is 5.87. The number of esters is 1. The van der Waals surface area contributed by atoms with Crippen molar-refractivity contribution in [2.75, 3.05) is 13.2 Å². The predicted molar refractivity (Wildman–Crippen MR) is 52.3 cm³/mol. The zero-order valence-corrected chi connectivity index (χ0v) is 8.41. The van der Waals surface area contributed by atoms with Gasteiger partial charge < -0.3 is 4.74 Å². The highest BCUT2D eigenvalue weighted by Gasteiger charge is 2.05. The van der Waals surface area contributed by atoms with Crippen LogP contribution in [0.1, 0.15) is 20.8 Å². The molecule has 4 nitrogen and oxygen atoms in total. The minimum atomic E-state index is -0.315. The lowest BCUT2D eigenvalue weighted by atomic mass is 10.3. The molecule has 0 amide bonds. The fraction of sp³-hybridized carbons (Fsp3) is 0.556. The first-order chi connectivity index (χ1) is 6.15. The molecule has 0 fully saturated rings. The van der Waals surface area contributed by atoms with Crippen molar-refractivity contribution in [3.8, 4) is 0 Å². The van der Waals surface area contributed by atoms with E-state index in [1.54, 1.807) is 25.1 Å². The van der Waals surface area contributed by atoms with Gasteiger partial charge in [0.05, 0.1) is 12.2 Å². The molecule has 0 N–H and O–H groups in total. The number of hydrogen-bond donors (Lipinski definition) is 0. The van der Waals surface area contributed by atoms with Gasteiger partial charge in [-0.15, -0.1) is 0 Å². The molecule has 0 spiro atoms. The molecule has 0 saturated heterocycles. The highest BCUT2D eigenvalue weighted by atomic mass is 16.5. The molecule has 13 heavy (non-hydrogen) atoms. The van der Waals surface area contributed by atoms with Gasteiger partial charge in [0.25, 0.3) is 0 Å². The van der Waals surface area contributed by atoms with E-state index < -0.39 is 0 Å². The Balaban J connectivity index is 4.28. The third-order valence-electron chi connectivity index (χ3n) is 1.45. The second-order valence-electron chi connectivity index (χ2n) is 2.43. The maximum atomic E-state index is 11.1. The van der Waals surface area contributed by atoms with E-state index >= 15 is 0 Å². The van der Waals surface area contributed by atoms with E-state index in [4.69, 9.17) is 4.74 Å². The smallest absolute Gasteiger partial charge is 0.335 e. The normalized spacial score (nSPS) is 10.8. The second-order valence-corrected chi connectivity index (χ2v) is 2.43. The van der Waals surface area contributed by atoms with Crippen LogP contribution in [0.15, 0.2) is 16.9 Å². The van der Waals surface area contributed by atoms with Crippen molar-refractivity contribution in [3.05, 3.63) is 11.8 Å². The van der Waals surface area contributed by atoms with Crippen molar-refractivity contribution in [1.82, 2.24) is 5.01 Å². The lowest BCUT2D eigenvalue weighted by Gasteiger charge is -2.11. The third-order valence-corrected chi connectivity index (χ3v) is 1.45. The molecule has 4 heteroatoms. The van der Waals surface area contributed by atoms with Gasteiger partial charge in [-0.1, -0.05) is 0 Å². The average Bonchev–Trinajstić information content (AvgIpc) is 2.14. The van der Waals surface area contributed by atoms with Gasteiger partial charge in [-0.3, -0.25) is 5.01 Å². The van der Waals surface area contributed by atoms with Crippen molar-refractivity contribution >= 4 is 12.7 Å². The van der Waals surface area contributed by atoms with Crippen LogP contribution in [-0.2, 0) is 9.53 Å². The van der Waals surface area contributed by atoms with Gasteiger partial charge >= 0.3 is 5.97 Å². The molecule has 0 heterocycles. The van der Waals surface area contributed by atoms with Crippen molar-refractivity contribution in [1.29, 1.82) is 0 Å². The second kappa shape index (κ2) is 6.22. The number of carbonyl (C=O) groups is 1. The fourth-order valence-corrected chi connectivity index (χ4v) is 0.753. The SMILES string of the molecule is C=NN(/C=C(\C)C(=O)OCC)CC. The molecular weight excluding hydrogens is 168 g/mol. The molecule has 0 aliphatic heterocycles. The number of ether oxygens (including phenoxy) is 1. The Kier molecular flexibility index (Phi) is 5.59. The zero-order valence-electron chi connectivity index (χ0n) is 8.41. The molecule has 0 radical (unpaired) electrons. The number of nitrogens with zero attached hydrogens (tertiary/aromatic N) is 2. The van der Waals surface area contributed by atoms with E-state index in [-0.39, 0.29) is 5.97 Å². The van der Waals surface area contributed by atoms with E-state index in [0.29, 0.717) is 18.7 Å². The molecule has 0 rings (SSSR count). The highest BCUT2D eigenvalue weighted by Crippen LogP contribution is 2.00. The fourth-order valence-electron chi connectivity index (χ4n) is 0.753. The molecule has 0 saturated carbocycles. The van der Waals surface area contributed by atoms with Gasteiger partial charge in [0.1, 0.15) is 0 Å². The third kappa shape index (κ3) is 4.30. The number of rotatable bonds is 5. The van der Waals surface area contributed by atoms with Crippen LogP contribution >= 0.6 is 0 Å². The minimum absolute atomic E-state index is 0.315. The Morgan fingerprint density at radius 2 is 2.23 bits per heavy atom. The van der Waals surface area contributed by atoms with Crippen molar-refractivity contribution in [2.45, 2.75) is 20.8 Å². The average molecular weight is 184 g/mol. The molecule has 0 aromatic carbocycles. The molecule has 0 bridgehead atoms. The van der Waals surface area contributed by atoms with Crippen molar-refractivity contribution in [3.63, 3.8) is 0 Å². The molecular formula is C9H16N2O2. The van der Waals surface area contributed by atoms with Gasteiger partial charge in [-0.05, 0) is 20.8 Å². The van der Waals surface area contributed by atoms with E-state index in [2.05, 4.69) is 11.8 Å². The van der Waals surface area contributed by atoms with Crippen LogP contribution in [0.5, 0.6) is 0 Å². The number of carbonyl (C=O) groups excluding carboxylic acids is 1. The summed E-state index contributed by atoms with van der Waals surface area (Å²) in [6, 6.07) is 0. The zero-order chi connectivity index (χ0) is 10.3. The Bertz CT molecular complexity index is 212. The van der Waals surface area contributed by atoms with E-state index in [9.17, 15) is 4.79 Å². The summed E-state index contributed by atoms with van der Waals surface area (Å²) in [7, 11) is 0. The summed E-state index contributed by atoms with van der Waals surface area (Å²) in [6.45, 7) is 9.82. The molecule has 0 aromatic heterocycles. The summed E-state index contributed by atoms with van der Waals surface area (Å²) >= 11 is 0. The predicted octanol–water partition coefficient (Wildman–Crippen LogP) is 1.39. The standard InChI is InChI=1S/C9H16N2O2/c1-5-11(10-4)7-8(3)9(12)13-6-2/h7H,4-6H2,1-3H3/b8-7+. The quantitative estimate of drug-likeness (QED) is 0.280. The number of hydrazone groups is 1. The molecule has 0 aliphatic carbocycles. The molecule has 0 unspecified atom stereocenters. The van der Waals surface area contributed by atoms with Gasteiger partial charge in [0.15, 0.2) is 0 Å². The lowest BCUT2D eigenvalue weighted by molar-refractivity contribution is -0.138. The first-order valence-corrected chi connectivity index (χ1v) is 4.24. The lowest BCUT2D eigenvalue weighted by Crippen LogP contribution is -2.12.